The smallest absolute Gasteiger partial charge is 0.160 e. The van der Waals surface area contributed by atoms with Gasteiger partial charge in [0.2, 0.25) is 0 Å². The first kappa shape index (κ1) is 57.9. The van der Waals surface area contributed by atoms with Crippen LogP contribution in [0.5, 0.6) is 0 Å². The summed E-state index contributed by atoms with van der Waals surface area (Å²) >= 11 is 0. The highest BCUT2D eigenvalue weighted by atomic mass is 15.0. The molecule has 482 valence electrons. The minimum absolute atomic E-state index is 0.641. The highest BCUT2D eigenvalue weighted by Crippen LogP contribution is 2.52. The number of aromatic nitrogens is 6. The topological polar surface area (TPSA) is 45.5 Å². The van der Waals surface area contributed by atoms with E-state index in [2.05, 4.69) is 382 Å². The van der Waals surface area contributed by atoms with Gasteiger partial charge in [0, 0.05) is 88.1 Å². The third-order valence-corrected chi connectivity index (χ3v) is 21.8. The molecule has 21 aromatic rings. The molecule has 16 aromatic carbocycles. The number of para-hydroxylation sites is 6. The van der Waals surface area contributed by atoms with Crippen LogP contribution in [0.3, 0.4) is 0 Å². The van der Waals surface area contributed by atoms with Crippen molar-refractivity contribution in [2.45, 2.75) is 0 Å². The molecular weight excluding hydrogens is 1260 g/mol. The summed E-state index contributed by atoms with van der Waals surface area (Å²) in [6, 6.07) is 134. The van der Waals surface area contributed by atoms with Gasteiger partial charge >= 0.3 is 0 Å². The van der Waals surface area contributed by atoms with Gasteiger partial charge in [-0.1, -0.05) is 237 Å². The summed E-state index contributed by atoms with van der Waals surface area (Å²) in [5.41, 5.74) is 29.7. The van der Waals surface area contributed by atoms with Crippen LogP contribution in [0.4, 0.5) is 0 Å². The lowest BCUT2D eigenvalue weighted by atomic mass is 9.95. The van der Waals surface area contributed by atoms with Gasteiger partial charge in [0.15, 0.2) is 5.82 Å². The molecule has 0 spiro atoms. The molecule has 0 radical (unpaired) electrons. The molecule has 1 aliphatic rings. The molecule has 0 fully saturated rings. The summed E-state index contributed by atoms with van der Waals surface area (Å²) in [6.45, 7) is 0. The lowest BCUT2D eigenvalue weighted by Crippen LogP contribution is -2.02. The normalized spacial score (nSPS) is 12.0. The van der Waals surface area contributed by atoms with Gasteiger partial charge in [-0.05, 0) is 188 Å². The second-order valence-electron chi connectivity index (χ2n) is 27.6. The van der Waals surface area contributed by atoms with Crippen molar-refractivity contribution < 1.29 is 0 Å². The SMILES string of the molecule is c1ccc(-c2cccc(-c3cccc(-c4nc(-c5cc(-n6c7ccccc7c7cc(-c8ccc9c(c8)c8ccccc8n9-c8ccccc8)ccc76)cc(-n6c7ccccc7c7cc(-c8ccc9c(c8)c8ccccc8n9-c8ccccc8)ccc76)c5)nc5c4-c4cccc6cccc-5c46)c3)c2)cc1. The van der Waals surface area contributed by atoms with Crippen LogP contribution in [0.1, 0.15) is 0 Å². The highest BCUT2D eigenvalue weighted by molar-refractivity contribution is 6.18. The van der Waals surface area contributed by atoms with Crippen LogP contribution in [0.2, 0.25) is 0 Å². The van der Waals surface area contributed by atoms with Crippen LogP contribution >= 0.6 is 0 Å². The Kier molecular flexibility index (Phi) is 12.7. The Labute approximate surface area is 598 Å². The third-order valence-electron chi connectivity index (χ3n) is 21.8. The largest absolute Gasteiger partial charge is 0.309 e. The monoisotopic (exact) mass is 1320 g/mol. The molecule has 0 bridgehead atoms. The van der Waals surface area contributed by atoms with E-state index in [1.54, 1.807) is 0 Å². The Balaban J connectivity index is 0.761. The molecular formula is C98H60N6. The van der Waals surface area contributed by atoms with Gasteiger partial charge in [0.1, 0.15) is 0 Å². The van der Waals surface area contributed by atoms with E-state index in [0.29, 0.717) is 5.82 Å². The van der Waals surface area contributed by atoms with Crippen molar-refractivity contribution in [2.24, 2.45) is 0 Å². The molecule has 0 N–H and O–H groups in total. The molecule has 1 aliphatic carbocycles. The Morgan fingerprint density at radius 3 is 0.962 bits per heavy atom. The zero-order chi connectivity index (χ0) is 68.1. The Bertz CT molecular complexity index is 6850. The van der Waals surface area contributed by atoms with Gasteiger partial charge in [-0.15, -0.1) is 0 Å². The number of nitrogens with zero attached hydrogens (tertiary/aromatic N) is 6. The van der Waals surface area contributed by atoms with Crippen molar-refractivity contribution in [3.63, 3.8) is 0 Å². The van der Waals surface area contributed by atoms with E-state index in [1.807, 2.05) is 0 Å². The maximum Gasteiger partial charge on any atom is 0.160 e. The zero-order valence-corrected chi connectivity index (χ0v) is 56.3. The van der Waals surface area contributed by atoms with E-state index in [1.165, 1.54) is 87.1 Å². The van der Waals surface area contributed by atoms with E-state index < -0.39 is 0 Å². The van der Waals surface area contributed by atoms with Crippen molar-refractivity contribution in [3.8, 4) is 112 Å². The summed E-state index contributed by atoms with van der Waals surface area (Å²) in [7, 11) is 0. The average molecular weight is 1320 g/mol. The molecule has 0 saturated carbocycles. The lowest BCUT2D eigenvalue weighted by Gasteiger charge is -2.17. The fourth-order valence-corrected chi connectivity index (χ4v) is 17.2. The molecule has 22 rings (SSSR count). The first-order valence-corrected chi connectivity index (χ1v) is 35.7. The van der Waals surface area contributed by atoms with E-state index in [-0.39, 0.29) is 0 Å². The average Bonchev–Trinajstić information content (AvgIpc) is 1.56. The number of hydrogen-bond acceptors (Lipinski definition) is 2. The van der Waals surface area contributed by atoms with Gasteiger partial charge < -0.3 is 18.3 Å². The Hall–Kier alpha value is -13.9. The van der Waals surface area contributed by atoms with Gasteiger partial charge in [0.25, 0.3) is 0 Å². The molecule has 0 unspecified atom stereocenters. The van der Waals surface area contributed by atoms with Gasteiger partial charge in [-0.3, -0.25) is 0 Å². The van der Waals surface area contributed by atoms with Crippen molar-refractivity contribution >= 4 is 98.0 Å². The van der Waals surface area contributed by atoms with Gasteiger partial charge in [-0.25, -0.2) is 9.97 Å². The summed E-state index contributed by atoms with van der Waals surface area (Å²) in [5.74, 6) is 0.641. The number of rotatable bonds is 10. The maximum absolute atomic E-state index is 5.93. The van der Waals surface area contributed by atoms with E-state index in [0.717, 1.165) is 117 Å². The van der Waals surface area contributed by atoms with Crippen molar-refractivity contribution in [1.29, 1.82) is 0 Å². The van der Waals surface area contributed by atoms with Gasteiger partial charge in [0.05, 0.1) is 55.5 Å². The first-order valence-electron chi connectivity index (χ1n) is 35.7. The summed E-state index contributed by atoms with van der Waals surface area (Å²) < 4.78 is 9.70. The predicted octanol–water partition coefficient (Wildman–Crippen LogP) is 25.7. The van der Waals surface area contributed by atoms with Crippen molar-refractivity contribution in [1.82, 2.24) is 28.2 Å². The molecule has 0 saturated heterocycles. The first-order chi connectivity index (χ1) is 51.6. The third kappa shape index (κ3) is 8.89. The van der Waals surface area contributed by atoms with E-state index in [4.69, 9.17) is 9.97 Å². The minimum Gasteiger partial charge on any atom is -0.309 e. The van der Waals surface area contributed by atoms with Crippen LogP contribution < -0.4 is 0 Å². The molecule has 6 heteroatoms. The molecule has 0 amide bonds. The van der Waals surface area contributed by atoms with Crippen molar-refractivity contribution in [2.75, 3.05) is 0 Å². The number of benzene rings is 16. The summed E-state index contributed by atoms with van der Waals surface area (Å²) in [4.78, 5) is 11.8. The van der Waals surface area contributed by atoms with Crippen LogP contribution in [-0.2, 0) is 0 Å². The second-order valence-corrected chi connectivity index (χ2v) is 27.6. The van der Waals surface area contributed by atoms with Crippen molar-refractivity contribution in [3.05, 3.63) is 364 Å². The molecule has 5 aromatic heterocycles. The molecule has 6 nitrogen and oxygen atoms in total. The van der Waals surface area contributed by atoms with E-state index in [9.17, 15) is 0 Å². The standard InChI is InChI=1S/C98H60N6/c1-4-22-61(23-5-1)63-26-18-27-64(52-63)65-28-19-29-70(53-65)96-95-80-38-20-24-62-25-21-39-81(94(62)80)97(95)100-98(99-96)71-54-74(103-88-42-16-12-36-78(88)84-58-68(46-50-92(84)103)66-44-48-90-82(56-66)76-34-10-14-40-86(76)101(90)72-30-6-2-7-31-72)60-75(55-71)104-89-43-17-13-37-79(89)85-59-69(47-51-93(85)104)67-45-49-91-83(57-67)77-35-11-15-41-87(77)102(91)73-32-8-3-9-33-73/h1-60H. The predicted molar refractivity (Wildman–Crippen MR) is 434 cm³/mol. The summed E-state index contributed by atoms with van der Waals surface area (Å²) in [6.07, 6.45) is 0. The minimum atomic E-state index is 0.641. The van der Waals surface area contributed by atoms with Crippen LogP contribution in [0, 0.1) is 0 Å². The molecule has 0 atom stereocenters. The highest BCUT2D eigenvalue weighted by Gasteiger charge is 2.30. The fraction of sp³-hybridized carbons (Fsp3) is 0. The van der Waals surface area contributed by atoms with Crippen LogP contribution in [-0.4, -0.2) is 28.2 Å². The quantitative estimate of drug-likeness (QED) is 0.137. The Morgan fingerprint density at radius 1 is 0.183 bits per heavy atom. The molecule has 0 aliphatic heterocycles. The second kappa shape index (κ2) is 22.8. The fourth-order valence-electron chi connectivity index (χ4n) is 17.2. The zero-order valence-electron chi connectivity index (χ0n) is 56.3. The number of fused-ring (bicyclic) bond motifs is 15. The number of hydrogen-bond donors (Lipinski definition) is 0. The van der Waals surface area contributed by atoms with E-state index >= 15 is 0 Å². The Morgan fingerprint density at radius 2 is 0.510 bits per heavy atom. The van der Waals surface area contributed by atoms with Gasteiger partial charge in [-0.2, -0.15) is 0 Å². The van der Waals surface area contributed by atoms with Crippen LogP contribution in [0.25, 0.3) is 210 Å². The molecule has 104 heavy (non-hydrogen) atoms. The summed E-state index contributed by atoms with van der Waals surface area (Å²) in [5, 5.41) is 11.9. The lowest BCUT2D eigenvalue weighted by molar-refractivity contribution is 1.12. The molecule has 5 heterocycles. The van der Waals surface area contributed by atoms with Crippen LogP contribution in [0.15, 0.2) is 364 Å². The maximum atomic E-state index is 5.93.